The summed E-state index contributed by atoms with van der Waals surface area (Å²) < 4.78 is 18.8. The third-order valence-electron chi connectivity index (χ3n) is 7.22. The van der Waals surface area contributed by atoms with Crippen molar-refractivity contribution in [3.63, 3.8) is 0 Å². The van der Waals surface area contributed by atoms with Crippen molar-refractivity contribution in [1.82, 2.24) is 4.90 Å². The van der Waals surface area contributed by atoms with E-state index in [0.29, 0.717) is 0 Å². The largest absolute Gasteiger partial charge is 0.358 e. The van der Waals surface area contributed by atoms with E-state index in [1.165, 1.54) is 0 Å². The maximum atomic E-state index is 13.1. The topological polar surface area (TPSA) is 48.0 Å². The molecular weight excluding hydrogens is 438 g/mol. The molecule has 0 aliphatic carbocycles. The van der Waals surface area contributed by atoms with Gasteiger partial charge in [-0.15, -0.1) is 0 Å². The van der Waals surface area contributed by atoms with Crippen LogP contribution in [-0.4, -0.2) is 55.4 Å². The van der Waals surface area contributed by atoms with E-state index in [9.17, 15) is 4.79 Å². The van der Waals surface area contributed by atoms with Crippen LogP contribution in [-0.2, 0) is 24.6 Å². The summed E-state index contributed by atoms with van der Waals surface area (Å²) >= 11 is 0. The molecule has 3 saturated heterocycles. The first kappa shape index (κ1) is 23.9. The van der Waals surface area contributed by atoms with E-state index in [1.807, 2.05) is 54.6 Å². The van der Waals surface area contributed by atoms with E-state index in [0.717, 1.165) is 36.1 Å². The summed E-state index contributed by atoms with van der Waals surface area (Å²) in [7, 11) is 1.61. The molecule has 0 amide bonds. The molecule has 6 rings (SSSR count). The Morgan fingerprint density at radius 1 is 0.829 bits per heavy atom. The number of carbonyl (C=O) groups is 1. The number of unbranched alkanes of at least 4 members (excludes halogenated alkanes) is 1. The average molecular weight is 472 g/mol. The molecule has 0 unspecified atom stereocenters. The van der Waals surface area contributed by atoms with Crippen LogP contribution in [0.25, 0.3) is 0 Å². The van der Waals surface area contributed by atoms with Crippen LogP contribution in [0.5, 0.6) is 0 Å². The lowest BCUT2D eigenvalue weighted by atomic mass is 9.79. The van der Waals surface area contributed by atoms with Crippen molar-refractivity contribution in [3.05, 3.63) is 108 Å². The number of hydrogen-bond acceptors (Lipinski definition) is 5. The molecule has 0 N–H and O–H groups in total. The molecule has 182 valence electrons. The molecule has 0 radical (unpaired) electrons. The number of carbonyl (C=O) groups excluding carboxylic acids is 1. The van der Waals surface area contributed by atoms with Crippen LogP contribution in [0.1, 0.15) is 36.5 Å². The van der Waals surface area contributed by atoms with E-state index < -0.39 is 18.0 Å². The van der Waals surface area contributed by atoms with E-state index in [1.54, 1.807) is 7.11 Å². The SMILES string of the molecule is CCCCN1[C@@H]2C(=O)[C@H]1[C@H](OC)O[C@@H]2COC(c1ccccc1)(c1ccccc1)c1ccccc1. The lowest BCUT2D eigenvalue weighted by Gasteiger charge is -2.57. The van der Waals surface area contributed by atoms with Gasteiger partial charge < -0.3 is 14.2 Å². The molecule has 35 heavy (non-hydrogen) atoms. The molecule has 3 aliphatic heterocycles. The van der Waals surface area contributed by atoms with Crippen molar-refractivity contribution in [2.24, 2.45) is 0 Å². The summed E-state index contributed by atoms with van der Waals surface area (Å²) in [5.41, 5.74) is 2.22. The van der Waals surface area contributed by atoms with Gasteiger partial charge in [0.2, 0.25) is 0 Å². The molecule has 3 aromatic carbocycles. The maximum absolute atomic E-state index is 13.1. The highest BCUT2D eigenvalue weighted by Gasteiger charge is 2.60. The van der Waals surface area contributed by atoms with Crippen molar-refractivity contribution in [2.75, 3.05) is 20.3 Å². The standard InChI is InChI=1S/C30H33NO4/c1-3-4-20-31-26-25(35-29(33-2)27(31)28(26)32)21-34-30(22-14-8-5-9-15-22,23-16-10-6-11-17-23)24-18-12-7-13-19-24/h5-19,25-27,29H,3-4,20-21H2,1-2H3/t25-,26+,27+,29-/m1/s1. The zero-order valence-electron chi connectivity index (χ0n) is 20.4. The summed E-state index contributed by atoms with van der Waals surface area (Å²) in [6.45, 7) is 3.28. The van der Waals surface area contributed by atoms with Gasteiger partial charge in [-0.1, -0.05) is 104 Å². The van der Waals surface area contributed by atoms with Gasteiger partial charge in [0.05, 0.1) is 6.61 Å². The van der Waals surface area contributed by atoms with Gasteiger partial charge in [-0.3, -0.25) is 9.69 Å². The van der Waals surface area contributed by atoms with Gasteiger partial charge in [0, 0.05) is 7.11 Å². The Balaban J connectivity index is 1.53. The molecule has 3 aliphatic rings. The molecule has 0 spiro atoms. The van der Waals surface area contributed by atoms with Crippen molar-refractivity contribution >= 4 is 5.78 Å². The number of fused-ring (bicyclic) bond motifs is 2. The fourth-order valence-corrected chi connectivity index (χ4v) is 5.51. The Morgan fingerprint density at radius 3 is 1.80 bits per heavy atom. The molecule has 5 heteroatoms. The first-order valence-electron chi connectivity index (χ1n) is 12.5. The number of ether oxygens (including phenoxy) is 3. The van der Waals surface area contributed by atoms with Crippen molar-refractivity contribution in [2.45, 2.75) is 49.8 Å². The van der Waals surface area contributed by atoms with Gasteiger partial charge in [-0.25, -0.2) is 0 Å². The molecule has 0 saturated carbocycles. The Kier molecular flexibility index (Phi) is 7.12. The predicted octanol–water partition coefficient (Wildman–Crippen LogP) is 4.79. The summed E-state index contributed by atoms with van der Waals surface area (Å²) in [6, 6.07) is 30.2. The third kappa shape index (κ3) is 4.23. The number of Topliss-reactive ketones (excluding diaryl/α,β-unsaturated/α-hetero) is 1. The average Bonchev–Trinajstić information content (AvgIpc) is 2.93. The predicted molar refractivity (Wildman–Crippen MR) is 135 cm³/mol. The van der Waals surface area contributed by atoms with Crippen LogP contribution in [0.3, 0.4) is 0 Å². The van der Waals surface area contributed by atoms with Gasteiger partial charge in [0.1, 0.15) is 23.8 Å². The first-order chi connectivity index (χ1) is 17.2. The van der Waals surface area contributed by atoms with E-state index in [4.69, 9.17) is 14.2 Å². The number of hydrogen-bond donors (Lipinski definition) is 0. The number of morpholine rings is 1. The summed E-state index contributed by atoms with van der Waals surface area (Å²) in [5, 5.41) is 0. The normalized spacial score (nSPS) is 24.2. The number of ketones is 1. The minimum Gasteiger partial charge on any atom is -0.358 e. The Morgan fingerprint density at radius 2 is 1.34 bits per heavy atom. The molecule has 5 nitrogen and oxygen atoms in total. The van der Waals surface area contributed by atoms with Crippen LogP contribution in [0.4, 0.5) is 0 Å². The molecule has 3 aromatic rings. The van der Waals surface area contributed by atoms with Crippen LogP contribution in [0.15, 0.2) is 91.0 Å². The number of methoxy groups -OCH3 is 1. The minimum atomic E-state index is -0.854. The summed E-state index contributed by atoms with van der Waals surface area (Å²) in [5.74, 6) is 0.192. The van der Waals surface area contributed by atoms with E-state index in [2.05, 4.69) is 48.2 Å². The fourth-order valence-electron chi connectivity index (χ4n) is 5.51. The van der Waals surface area contributed by atoms with Gasteiger partial charge in [-0.05, 0) is 29.7 Å². The molecule has 0 aromatic heterocycles. The first-order valence-corrected chi connectivity index (χ1v) is 12.5. The minimum absolute atomic E-state index is 0.192. The lowest BCUT2D eigenvalue weighted by molar-refractivity contribution is -0.280. The molecule has 3 heterocycles. The Labute approximate surface area is 207 Å². The Hall–Kier alpha value is -2.83. The number of benzene rings is 3. The molecule has 3 fully saturated rings. The van der Waals surface area contributed by atoms with Crippen LogP contribution >= 0.6 is 0 Å². The van der Waals surface area contributed by atoms with Crippen LogP contribution < -0.4 is 0 Å². The summed E-state index contributed by atoms with van der Waals surface area (Å²) in [4.78, 5) is 15.3. The highest BCUT2D eigenvalue weighted by molar-refractivity contribution is 5.96. The van der Waals surface area contributed by atoms with Gasteiger partial charge in [-0.2, -0.15) is 0 Å². The second kappa shape index (κ2) is 10.4. The summed E-state index contributed by atoms with van der Waals surface area (Å²) in [6.07, 6.45) is 1.12. The number of rotatable bonds is 10. The van der Waals surface area contributed by atoms with Gasteiger partial charge >= 0.3 is 0 Å². The van der Waals surface area contributed by atoms with E-state index >= 15 is 0 Å². The monoisotopic (exact) mass is 471 g/mol. The third-order valence-corrected chi connectivity index (χ3v) is 7.22. The van der Waals surface area contributed by atoms with Gasteiger partial charge in [0.15, 0.2) is 12.1 Å². The number of nitrogens with zero attached hydrogens (tertiary/aromatic N) is 1. The highest BCUT2D eigenvalue weighted by atomic mass is 16.7. The van der Waals surface area contributed by atoms with Crippen LogP contribution in [0, 0.1) is 0 Å². The smallest absolute Gasteiger partial charge is 0.180 e. The Bertz CT molecular complexity index is 1010. The molecule has 4 atom stereocenters. The van der Waals surface area contributed by atoms with Gasteiger partial charge in [0.25, 0.3) is 0 Å². The van der Waals surface area contributed by atoms with E-state index in [-0.39, 0.29) is 24.5 Å². The van der Waals surface area contributed by atoms with Crippen molar-refractivity contribution in [3.8, 4) is 0 Å². The second-order valence-corrected chi connectivity index (χ2v) is 9.25. The second-order valence-electron chi connectivity index (χ2n) is 9.25. The van der Waals surface area contributed by atoms with Crippen LogP contribution in [0.2, 0.25) is 0 Å². The zero-order chi connectivity index (χ0) is 24.3. The molecule has 2 bridgehead atoms. The maximum Gasteiger partial charge on any atom is 0.180 e. The molecular formula is C30H33NO4. The fraction of sp³-hybridized carbons (Fsp3) is 0.367. The van der Waals surface area contributed by atoms with Crippen molar-refractivity contribution < 1.29 is 19.0 Å². The quantitative estimate of drug-likeness (QED) is 0.398. The highest BCUT2D eigenvalue weighted by Crippen LogP contribution is 2.42. The lowest BCUT2D eigenvalue weighted by Crippen LogP contribution is -2.78. The van der Waals surface area contributed by atoms with Crippen molar-refractivity contribution in [1.29, 1.82) is 0 Å². The zero-order valence-corrected chi connectivity index (χ0v) is 20.4.